The van der Waals surface area contributed by atoms with Gasteiger partial charge in [0.05, 0.1) is 0 Å². The highest BCUT2D eigenvalue weighted by atomic mass is 16.3. The van der Waals surface area contributed by atoms with E-state index in [-0.39, 0.29) is 6.61 Å². The first-order valence-corrected chi connectivity index (χ1v) is 8.15. The smallest absolute Gasteiger partial charge is 0.0445 e. The van der Waals surface area contributed by atoms with Gasteiger partial charge in [-0.25, -0.2) is 0 Å². The van der Waals surface area contributed by atoms with Gasteiger partial charge in [0.1, 0.15) is 0 Å². The first kappa shape index (κ1) is 15.2. The molecule has 1 aliphatic rings. The molecule has 1 saturated carbocycles. The van der Waals surface area contributed by atoms with Crippen molar-refractivity contribution in [3.63, 3.8) is 0 Å². The van der Waals surface area contributed by atoms with Crippen molar-refractivity contribution in [2.75, 3.05) is 6.61 Å². The third kappa shape index (κ3) is 3.73. The van der Waals surface area contributed by atoms with E-state index in [1.165, 1.54) is 29.5 Å². The standard InChI is InChI=1S/C19H24N2O/c1-14(21-19(9-12-22)16-5-6-16)17-3-2-4-18(13-17)15-7-10-20-11-8-15/h2-4,7-8,10-11,13-14,16,19,21-22H,5-6,9,12H2,1H3. The van der Waals surface area contributed by atoms with Crippen molar-refractivity contribution in [3.05, 3.63) is 54.4 Å². The SMILES string of the molecule is CC(NC(CCO)C1CC1)c1cccc(-c2ccncc2)c1. The number of rotatable bonds is 7. The highest BCUT2D eigenvalue weighted by Crippen LogP contribution is 2.35. The molecule has 0 radical (unpaired) electrons. The van der Waals surface area contributed by atoms with Crippen LogP contribution in [0.25, 0.3) is 11.1 Å². The fraction of sp³-hybridized carbons (Fsp3) is 0.421. The van der Waals surface area contributed by atoms with Gasteiger partial charge in [0, 0.05) is 31.1 Å². The number of aliphatic hydroxyl groups excluding tert-OH is 1. The Labute approximate surface area is 132 Å². The lowest BCUT2D eigenvalue weighted by Gasteiger charge is -2.23. The molecule has 3 rings (SSSR count). The third-order valence-electron chi connectivity index (χ3n) is 4.50. The van der Waals surface area contributed by atoms with Crippen LogP contribution in [0.5, 0.6) is 0 Å². The van der Waals surface area contributed by atoms with Gasteiger partial charge in [0.15, 0.2) is 0 Å². The Morgan fingerprint density at radius 2 is 1.95 bits per heavy atom. The fourth-order valence-corrected chi connectivity index (χ4v) is 3.04. The van der Waals surface area contributed by atoms with Gasteiger partial charge >= 0.3 is 0 Å². The molecule has 3 nitrogen and oxygen atoms in total. The van der Waals surface area contributed by atoms with Crippen molar-refractivity contribution >= 4 is 0 Å². The lowest BCUT2D eigenvalue weighted by Crippen LogP contribution is -2.34. The summed E-state index contributed by atoms with van der Waals surface area (Å²) in [4.78, 5) is 4.08. The minimum absolute atomic E-state index is 0.262. The maximum Gasteiger partial charge on any atom is 0.0445 e. The van der Waals surface area contributed by atoms with Crippen LogP contribution in [0.2, 0.25) is 0 Å². The topological polar surface area (TPSA) is 45.1 Å². The van der Waals surface area contributed by atoms with Gasteiger partial charge < -0.3 is 10.4 Å². The molecule has 1 aromatic carbocycles. The van der Waals surface area contributed by atoms with Crippen molar-refractivity contribution in [1.82, 2.24) is 10.3 Å². The van der Waals surface area contributed by atoms with E-state index in [1.807, 2.05) is 24.5 Å². The molecule has 1 heterocycles. The van der Waals surface area contributed by atoms with Gasteiger partial charge in [-0.15, -0.1) is 0 Å². The Hall–Kier alpha value is -1.71. The average molecular weight is 296 g/mol. The zero-order valence-electron chi connectivity index (χ0n) is 13.1. The maximum atomic E-state index is 9.24. The van der Waals surface area contributed by atoms with E-state index in [2.05, 4.69) is 41.5 Å². The molecule has 0 amide bonds. The molecule has 1 aliphatic carbocycles. The predicted octanol–water partition coefficient (Wildman–Crippen LogP) is 3.56. The Morgan fingerprint density at radius 3 is 2.64 bits per heavy atom. The van der Waals surface area contributed by atoms with Crippen molar-refractivity contribution in [2.24, 2.45) is 5.92 Å². The molecule has 116 valence electrons. The molecule has 2 aromatic rings. The number of hydrogen-bond acceptors (Lipinski definition) is 3. The zero-order valence-corrected chi connectivity index (χ0v) is 13.1. The highest BCUT2D eigenvalue weighted by Gasteiger charge is 2.31. The lowest BCUT2D eigenvalue weighted by molar-refractivity contribution is 0.250. The van der Waals surface area contributed by atoms with E-state index in [0.29, 0.717) is 12.1 Å². The summed E-state index contributed by atoms with van der Waals surface area (Å²) in [5.74, 6) is 0.748. The Balaban J connectivity index is 1.73. The molecule has 22 heavy (non-hydrogen) atoms. The van der Waals surface area contributed by atoms with Crippen molar-refractivity contribution in [2.45, 2.75) is 38.3 Å². The van der Waals surface area contributed by atoms with Gasteiger partial charge in [-0.3, -0.25) is 4.98 Å². The molecule has 2 unspecified atom stereocenters. The molecular weight excluding hydrogens is 272 g/mol. The largest absolute Gasteiger partial charge is 0.396 e. The number of aromatic nitrogens is 1. The quantitative estimate of drug-likeness (QED) is 0.821. The van der Waals surface area contributed by atoms with Crippen LogP contribution in [0.4, 0.5) is 0 Å². The molecule has 0 bridgehead atoms. The molecule has 0 saturated heterocycles. The number of aliphatic hydroxyl groups is 1. The molecular formula is C19H24N2O. The fourth-order valence-electron chi connectivity index (χ4n) is 3.04. The second-order valence-electron chi connectivity index (χ2n) is 6.21. The number of benzene rings is 1. The van der Waals surface area contributed by atoms with Gasteiger partial charge in [0.2, 0.25) is 0 Å². The summed E-state index contributed by atoms with van der Waals surface area (Å²) in [6.07, 6.45) is 7.09. The summed E-state index contributed by atoms with van der Waals surface area (Å²) in [6, 6.07) is 13.5. The van der Waals surface area contributed by atoms with E-state index in [9.17, 15) is 5.11 Å². The average Bonchev–Trinajstić information content (AvgIpc) is 3.40. The van der Waals surface area contributed by atoms with Crippen LogP contribution in [-0.4, -0.2) is 22.7 Å². The minimum atomic E-state index is 0.262. The van der Waals surface area contributed by atoms with E-state index in [4.69, 9.17) is 0 Å². The van der Waals surface area contributed by atoms with Crippen LogP contribution >= 0.6 is 0 Å². The van der Waals surface area contributed by atoms with Gasteiger partial charge in [-0.1, -0.05) is 18.2 Å². The van der Waals surface area contributed by atoms with E-state index in [1.54, 1.807) is 0 Å². The monoisotopic (exact) mass is 296 g/mol. The Bertz CT molecular complexity index is 595. The predicted molar refractivity (Wildman–Crippen MR) is 89.4 cm³/mol. The van der Waals surface area contributed by atoms with Crippen LogP contribution in [0.15, 0.2) is 48.8 Å². The normalized spacial score (nSPS) is 17.2. The Morgan fingerprint density at radius 1 is 1.18 bits per heavy atom. The molecule has 3 heteroatoms. The minimum Gasteiger partial charge on any atom is -0.396 e. The second kappa shape index (κ2) is 7.03. The third-order valence-corrected chi connectivity index (χ3v) is 4.50. The molecule has 2 atom stereocenters. The van der Waals surface area contributed by atoms with Crippen LogP contribution in [0.3, 0.4) is 0 Å². The van der Waals surface area contributed by atoms with Gasteiger partial charge in [-0.05, 0) is 67.0 Å². The summed E-state index contributed by atoms with van der Waals surface area (Å²) in [5, 5.41) is 12.9. The first-order chi connectivity index (χ1) is 10.8. The lowest BCUT2D eigenvalue weighted by atomic mass is 9.99. The molecule has 1 aromatic heterocycles. The van der Waals surface area contributed by atoms with Crippen LogP contribution in [0, 0.1) is 5.92 Å². The number of nitrogens with one attached hydrogen (secondary N) is 1. The van der Waals surface area contributed by atoms with Crippen molar-refractivity contribution in [3.8, 4) is 11.1 Å². The first-order valence-electron chi connectivity index (χ1n) is 8.15. The van der Waals surface area contributed by atoms with E-state index >= 15 is 0 Å². The van der Waals surface area contributed by atoms with E-state index in [0.717, 1.165) is 12.3 Å². The van der Waals surface area contributed by atoms with Crippen LogP contribution in [-0.2, 0) is 0 Å². The second-order valence-corrected chi connectivity index (χ2v) is 6.21. The summed E-state index contributed by atoms with van der Waals surface area (Å²) < 4.78 is 0. The number of hydrogen-bond donors (Lipinski definition) is 2. The molecule has 2 N–H and O–H groups in total. The molecule has 0 spiro atoms. The molecule has 0 aliphatic heterocycles. The highest BCUT2D eigenvalue weighted by molar-refractivity contribution is 5.63. The Kier molecular flexibility index (Phi) is 4.86. The summed E-state index contributed by atoms with van der Waals surface area (Å²) >= 11 is 0. The summed E-state index contributed by atoms with van der Waals surface area (Å²) in [6.45, 7) is 2.47. The van der Waals surface area contributed by atoms with Crippen molar-refractivity contribution in [1.29, 1.82) is 0 Å². The van der Waals surface area contributed by atoms with Crippen molar-refractivity contribution < 1.29 is 5.11 Å². The summed E-state index contributed by atoms with van der Waals surface area (Å²) in [5.41, 5.74) is 3.70. The van der Waals surface area contributed by atoms with Gasteiger partial charge in [0.25, 0.3) is 0 Å². The van der Waals surface area contributed by atoms with Gasteiger partial charge in [-0.2, -0.15) is 0 Å². The molecule has 1 fully saturated rings. The number of pyridine rings is 1. The summed E-state index contributed by atoms with van der Waals surface area (Å²) in [7, 11) is 0. The van der Waals surface area contributed by atoms with Crippen LogP contribution in [0.1, 0.15) is 37.8 Å². The zero-order chi connectivity index (χ0) is 15.4. The van der Waals surface area contributed by atoms with E-state index < -0.39 is 0 Å². The number of nitrogens with zero attached hydrogens (tertiary/aromatic N) is 1. The van der Waals surface area contributed by atoms with Crippen LogP contribution < -0.4 is 5.32 Å². The maximum absolute atomic E-state index is 9.24.